The molecule has 0 aromatic carbocycles. The van der Waals surface area contributed by atoms with E-state index in [-0.39, 0.29) is 11.9 Å². The Bertz CT molecular complexity index is 427. The summed E-state index contributed by atoms with van der Waals surface area (Å²) in [5.41, 5.74) is 0. The SMILES string of the molecule is N#CC(NC(=O)CCc1ccco1)C1CCCCC1. The number of nitrogens with zero attached hydrogens (tertiary/aromatic N) is 1. The zero-order valence-corrected chi connectivity index (χ0v) is 11.1. The van der Waals surface area contributed by atoms with E-state index in [1.54, 1.807) is 6.26 Å². The molecule has 1 saturated carbocycles. The summed E-state index contributed by atoms with van der Waals surface area (Å²) in [6.07, 6.45) is 8.26. The quantitative estimate of drug-likeness (QED) is 0.885. The molecule has 4 heteroatoms. The van der Waals surface area contributed by atoms with Crippen molar-refractivity contribution in [2.24, 2.45) is 5.92 Å². The van der Waals surface area contributed by atoms with Gasteiger partial charge >= 0.3 is 0 Å². The van der Waals surface area contributed by atoms with Crippen molar-refractivity contribution < 1.29 is 9.21 Å². The molecule has 4 nitrogen and oxygen atoms in total. The molecule has 1 aromatic heterocycles. The molecule has 1 N–H and O–H groups in total. The number of carbonyl (C=O) groups excluding carboxylic acids is 1. The van der Waals surface area contributed by atoms with Crippen molar-refractivity contribution >= 4 is 5.91 Å². The van der Waals surface area contributed by atoms with Gasteiger partial charge in [-0.1, -0.05) is 19.3 Å². The molecule has 1 aromatic rings. The van der Waals surface area contributed by atoms with Crippen molar-refractivity contribution in [2.75, 3.05) is 0 Å². The first-order valence-electron chi connectivity index (χ1n) is 7.01. The Balaban J connectivity index is 1.77. The Kier molecular flexibility index (Phi) is 5.02. The molecule has 1 heterocycles. The molecule has 0 bridgehead atoms. The predicted molar refractivity (Wildman–Crippen MR) is 71.1 cm³/mol. The van der Waals surface area contributed by atoms with Crippen LogP contribution in [0.1, 0.15) is 44.3 Å². The van der Waals surface area contributed by atoms with Crippen molar-refractivity contribution in [3.63, 3.8) is 0 Å². The van der Waals surface area contributed by atoms with Gasteiger partial charge in [-0.15, -0.1) is 0 Å². The zero-order chi connectivity index (χ0) is 13.5. The second-order valence-electron chi connectivity index (χ2n) is 5.15. The first-order chi connectivity index (χ1) is 9.29. The molecule has 1 atom stereocenters. The average molecular weight is 260 g/mol. The van der Waals surface area contributed by atoms with Crippen LogP contribution < -0.4 is 5.32 Å². The lowest BCUT2D eigenvalue weighted by Gasteiger charge is -2.26. The summed E-state index contributed by atoms with van der Waals surface area (Å²) in [5.74, 6) is 1.07. The van der Waals surface area contributed by atoms with E-state index in [4.69, 9.17) is 4.42 Å². The van der Waals surface area contributed by atoms with Crippen molar-refractivity contribution in [1.82, 2.24) is 5.32 Å². The lowest BCUT2D eigenvalue weighted by atomic mass is 9.84. The monoisotopic (exact) mass is 260 g/mol. The first kappa shape index (κ1) is 13.7. The van der Waals surface area contributed by atoms with Crippen LogP contribution in [0.25, 0.3) is 0 Å². The molecule has 1 fully saturated rings. The maximum absolute atomic E-state index is 11.8. The maximum Gasteiger partial charge on any atom is 0.221 e. The minimum Gasteiger partial charge on any atom is -0.469 e. The number of nitrogens with one attached hydrogen (secondary N) is 1. The minimum absolute atomic E-state index is 0.0616. The summed E-state index contributed by atoms with van der Waals surface area (Å²) in [6.45, 7) is 0. The fourth-order valence-electron chi connectivity index (χ4n) is 2.66. The predicted octanol–water partition coefficient (Wildman–Crippen LogP) is 2.80. The molecule has 0 spiro atoms. The second kappa shape index (κ2) is 6.98. The summed E-state index contributed by atoms with van der Waals surface area (Å²) < 4.78 is 5.19. The van der Waals surface area contributed by atoms with Crippen LogP contribution in [-0.4, -0.2) is 11.9 Å². The molecule has 102 valence electrons. The molecule has 2 rings (SSSR count). The highest BCUT2D eigenvalue weighted by Crippen LogP contribution is 2.26. The molecule has 0 radical (unpaired) electrons. The van der Waals surface area contributed by atoms with Crippen molar-refractivity contribution in [3.8, 4) is 6.07 Å². The maximum atomic E-state index is 11.8. The Morgan fingerprint density at radius 2 is 2.26 bits per heavy atom. The molecule has 1 amide bonds. The molecule has 19 heavy (non-hydrogen) atoms. The number of carbonyl (C=O) groups is 1. The Labute approximate surface area is 113 Å². The van der Waals surface area contributed by atoms with E-state index in [0.717, 1.165) is 18.6 Å². The topological polar surface area (TPSA) is 66.0 Å². The molecule has 0 aliphatic heterocycles. The highest BCUT2D eigenvalue weighted by molar-refractivity contribution is 5.76. The molecular weight excluding hydrogens is 240 g/mol. The number of hydrogen-bond donors (Lipinski definition) is 1. The summed E-state index contributed by atoms with van der Waals surface area (Å²) in [4.78, 5) is 11.8. The zero-order valence-electron chi connectivity index (χ0n) is 11.1. The van der Waals surface area contributed by atoms with Gasteiger partial charge in [-0.05, 0) is 30.9 Å². The van der Waals surface area contributed by atoms with Crippen LogP contribution >= 0.6 is 0 Å². The summed E-state index contributed by atoms with van der Waals surface area (Å²) >= 11 is 0. The number of aryl methyl sites for hydroxylation is 1. The van der Waals surface area contributed by atoms with Gasteiger partial charge in [0.15, 0.2) is 0 Å². The van der Waals surface area contributed by atoms with E-state index in [2.05, 4.69) is 11.4 Å². The number of rotatable bonds is 5. The lowest BCUT2D eigenvalue weighted by molar-refractivity contribution is -0.121. The van der Waals surface area contributed by atoms with Gasteiger partial charge in [0.1, 0.15) is 11.8 Å². The third-order valence-corrected chi connectivity index (χ3v) is 3.76. The van der Waals surface area contributed by atoms with Crippen LogP contribution in [0.4, 0.5) is 0 Å². The van der Waals surface area contributed by atoms with Gasteiger partial charge in [0, 0.05) is 12.8 Å². The van der Waals surface area contributed by atoms with Crippen molar-refractivity contribution in [3.05, 3.63) is 24.2 Å². The van der Waals surface area contributed by atoms with Gasteiger partial charge in [0.25, 0.3) is 0 Å². The Morgan fingerprint density at radius 1 is 1.47 bits per heavy atom. The average Bonchev–Trinajstić information content (AvgIpc) is 2.97. The summed E-state index contributed by atoms with van der Waals surface area (Å²) in [5, 5.41) is 12.1. The van der Waals surface area contributed by atoms with Crippen molar-refractivity contribution in [1.29, 1.82) is 5.26 Å². The van der Waals surface area contributed by atoms with Gasteiger partial charge < -0.3 is 9.73 Å². The molecule has 1 aliphatic rings. The van der Waals surface area contributed by atoms with Crippen molar-refractivity contribution in [2.45, 2.75) is 51.0 Å². The lowest BCUT2D eigenvalue weighted by Crippen LogP contribution is -2.40. The largest absolute Gasteiger partial charge is 0.469 e. The highest BCUT2D eigenvalue weighted by atomic mass is 16.3. The fourth-order valence-corrected chi connectivity index (χ4v) is 2.66. The summed E-state index contributed by atoms with van der Waals surface area (Å²) in [6, 6.07) is 5.58. The van der Waals surface area contributed by atoms with Crippen LogP contribution in [0, 0.1) is 17.2 Å². The van der Waals surface area contributed by atoms with Crippen LogP contribution in [0.3, 0.4) is 0 Å². The van der Waals surface area contributed by atoms with Crippen LogP contribution in [0.15, 0.2) is 22.8 Å². The van der Waals surface area contributed by atoms with Gasteiger partial charge in [0.05, 0.1) is 12.3 Å². The number of nitriles is 1. The Hall–Kier alpha value is -1.76. The number of furan rings is 1. The molecule has 1 unspecified atom stereocenters. The van der Waals surface area contributed by atoms with E-state index in [1.807, 2.05) is 12.1 Å². The standard InChI is InChI=1S/C15H20N2O2/c16-11-14(12-5-2-1-3-6-12)17-15(18)9-8-13-7-4-10-19-13/h4,7,10,12,14H,1-3,5-6,8-9H2,(H,17,18). The fraction of sp³-hybridized carbons (Fsp3) is 0.600. The highest BCUT2D eigenvalue weighted by Gasteiger charge is 2.24. The van der Waals surface area contributed by atoms with E-state index in [9.17, 15) is 10.1 Å². The van der Waals surface area contributed by atoms with E-state index >= 15 is 0 Å². The van der Waals surface area contributed by atoms with Gasteiger partial charge in [-0.2, -0.15) is 5.26 Å². The van der Waals surface area contributed by atoms with Gasteiger partial charge in [-0.3, -0.25) is 4.79 Å². The van der Waals surface area contributed by atoms with E-state index in [1.165, 1.54) is 19.3 Å². The number of amides is 1. The van der Waals surface area contributed by atoms with Crippen LogP contribution in [0.2, 0.25) is 0 Å². The third-order valence-electron chi connectivity index (χ3n) is 3.76. The van der Waals surface area contributed by atoms with E-state index < -0.39 is 0 Å². The van der Waals surface area contributed by atoms with Gasteiger partial charge in [0.2, 0.25) is 5.91 Å². The minimum atomic E-state index is -0.329. The molecular formula is C15H20N2O2. The van der Waals surface area contributed by atoms with Gasteiger partial charge in [-0.25, -0.2) is 0 Å². The smallest absolute Gasteiger partial charge is 0.221 e. The normalized spacial score (nSPS) is 17.6. The third kappa shape index (κ3) is 4.13. The molecule has 1 aliphatic carbocycles. The van der Waals surface area contributed by atoms with Crippen LogP contribution in [0.5, 0.6) is 0 Å². The molecule has 0 saturated heterocycles. The van der Waals surface area contributed by atoms with E-state index in [0.29, 0.717) is 18.8 Å². The summed E-state index contributed by atoms with van der Waals surface area (Å²) in [7, 11) is 0. The van der Waals surface area contributed by atoms with Crippen LogP contribution in [-0.2, 0) is 11.2 Å². The first-order valence-corrected chi connectivity index (χ1v) is 7.01. The second-order valence-corrected chi connectivity index (χ2v) is 5.15. The Morgan fingerprint density at radius 3 is 2.89 bits per heavy atom. The number of hydrogen-bond acceptors (Lipinski definition) is 3.